The van der Waals surface area contributed by atoms with Gasteiger partial charge in [-0.15, -0.1) is 0 Å². The van der Waals surface area contributed by atoms with Crippen LogP contribution in [0.5, 0.6) is 5.88 Å². The maximum absolute atomic E-state index is 12.8. The Morgan fingerprint density at radius 3 is 2.07 bits per heavy atom. The number of aromatic nitrogens is 1. The molecule has 0 spiro atoms. The number of primary amides is 1. The number of hydrogen-bond donors (Lipinski definition) is 1. The highest BCUT2D eigenvalue weighted by atomic mass is 16.5. The SMILES string of the molecule is CCC(c1ccccc1)C(Oc1ccccn1)(c1ccccc1)C(C)(C)C(N)=O. The molecule has 0 aliphatic carbocycles. The van der Waals surface area contributed by atoms with Crippen molar-refractivity contribution in [2.45, 2.75) is 38.7 Å². The lowest BCUT2D eigenvalue weighted by atomic mass is 9.61. The lowest BCUT2D eigenvalue weighted by Gasteiger charge is -2.49. The summed E-state index contributed by atoms with van der Waals surface area (Å²) in [6.45, 7) is 5.82. The van der Waals surface area contributed by atoms with Crippen molar-refractivity contribution in [2.24, 2.45) is 11.1 Å². The summed E-state index contributed by atoms with van der Waals surface area (Å²) in [5.41, 5.74) is 5.88. The van der Waals surface area contributed by atoms with Gasteiger partial charge in [0.15, 0.2) is 5.60 Å². The van der Waals surface area contributed by atoms with Gasteiger partial charge < -0.3 is 10.5 Å². The van der Waals surface area contributed by atoms with Crippen molar-refractivity contribution in [1.82, 2.24) is 4.98 Å². The Balaban J connectivity index is 2.34. The van der Waals surface area contributed by atoms with E-state index in [-0.39, 0.29) is 5.92 Å². The molecule has 150 valence electrons. The van der Waals surface area contributed by atoms with Crippen LogP contribution in [0.25, 0.3) is 0 Å². The number of ether oxygens (including phenoxy) is 1. The zero-order valence-electron chi connectivity index (χ0n) is 17.2. The fraction of sp³-hybridized carbons (Fsp3) is 0.280. The molecule has 0 fully saturated rings. The molecule has 4 heteroatoms. The molecule has 2 atom stereocenters. The molecule has 0 bridgehead atoms. The number of nitrogens with two attached hydrogens (primary N) is 1. The monoisotopic (exact) mass is 388 g/mol. The second-order valence-electron chi connectivity index (χ2n) is 7.73. The van der Waals surface area contributed by atoms with Gasteiger partial charge >= 0.3 is 0 Å². The molecule has 2 unspecified atom stereocenters. The van der Waals surface area contributed by atoms with Crippen LogP contribution in [0.1, 0.15) is 44.2 Å². The molecule has 0 radical (unpaired) electrons. The number of nitrogens with zero attached hydrogens (tertiary/aromatic N) is 1. The first-order valence-corrected chi connectivity index (χ1v) is 9.94. The van der Waals surface area contributed by atoms with E-state index in [0.717, 1.165) is 17.5 Å². The van der Waals surface area contributed by atoms with Crippen LogP contribution < -0.4 is 10.5 Å². The van der Waals surface area contributed by atoms with Crippen LogP contribution in [0, 0.1) is 5.41 Å². The van der Waals surface area contributed by atoms with Crippen molar-refractivity contribution in [3.8, 4) is 5.88 Å². The largest absolute Gasteiger partial charge is 0.464 e. The highest BCUT2D eigenvalue weighted by Gasteiger charge is 2.57. The number of rotatable bonds is 8. The highest BCUT2D eigenvalue weighted by molar-refractivity contribution is 5.82. The van der Waals surface area contributed by atoms with E-state index in [2.05, 4.69) is 24.0 Å². The molecule has 0 saturated heterocycles. The van der Waals surface area contributed by atoms with Crippen LogP contribution >= 0.6 is 0 Å². The first-order chi connectivity index (χ1) is 13.9. The van der Waals surface area contributed by atoms with E-state index in [1.165, 1.54) is 0 Å². The van der Waals surface area contributed by atoms with Gasteiger partial charge in [-0.2, -0.15) is 0 Å². The first-order valence-electron chi connectivity index (χ1n) is 9.94. The Bertz CT molecular complexity index is 927. The van der Waals surface area contributed by atoms with E-state index in [1.807, 2.05) is 80.6 Å². The summed E-state index contributed by atoms with van der Waals surface area (Å²) < 4.78 is 6.71. The van der Waals surface area contributed by atoms with Crippen molar-refractivity contribution in [1.29, 1.82) is 0 Å². The Morgan fingerprint density at radius 1 is 0.966 bits per heavy atom. The number of pyridine rings is 1. The minimum Gasteiger partial charge on any atom is -0.464 e. The molecule has 4 nitrogen and oxygen atoms in total. The van der Waals surface area contributed by atoms with Crippen molar-refractivity contribution in [3.63, 3.8) is 0 Å². The summed E-state index contributed by atoms with van der Waals surface area (Å²) in [6.07, 6.45) is 2.44. The minimum atomic E-state index is -1.05. The van der Waals surface area contributed by atoms with Gasteiger partial charge in [0.1, 0.15) is 0 Å². The summed E-state index contributed by atoms with van der Waals surface area (Å²) in [5.74, 6) is -0.0951. The van der Waals surface area contributed by atoms with Crippen molar-refractivity contribution in [3.05, 3.63) is 96.2 Å². The van der Waals surface area contributed by atoms with E-state index in [9.17, 15) is 4.79 Å². The van der Waals surface area contributed by atoms with Crippen LogP contribution in [-0.4, -0.2) is 10.9 Å². The van der Waals surface area contributed by atoms with E-state index in [1.54, 1.807) is 6.20 Å². The number of benzene rings is 2. The van der Waals surface area contributed by atoms with Crippen molar-refractivity contribution < 1.29 is 9.53 Å². The molecule has 1 aromatic heterocycles. The lowest BCUT2D eigenvalue weighted by molar-refractivity contribution is -0.145. The van der Waals surface area contributed by atoms with Gasteiger partial charge in [-0.3, -0.25) is 4.79 Å². The third-order valence-corrected chi connectivity index (χ3v) is 5.75. The molecule has 2 aromatic carbocycles. The average Bonchev–Trinajstić information content (AvgIpc) is 2.75. The van der Waals surface area contributed by atoms with Gasteiger partial charge in [0.2, 0.25) is 11.8 Å². The van der Waals surface area contributed by atoms with Gasteiger partial charge in [0.05, 0.1) is 5.41 Å². The van der Waals surface area contributed by atoms with Crippen LogP contribution in [0.3, 0.4) is 0 Å². The maximum atomic E-state index is 12.8. The Kier molecular flexibility index (Phi) is 6.02. The number of carbonyl (C=O) groups excluding carboxylic acids is 1. The maximum Gasteiger partial charge on any atom is 0.227 e. The fourth-order valence-corrected chi connectivity index (χ4v) is 4.14. The molecule has 2 N–H and O–H groups in total. The zero-order chi connectivity index (χ0) is 20.9. The van der Waals surface area contributed by atoms with Gasteiger partial charge in [0.25, 0.3) is 0 Å². The summed E-state index contributed by atoms with van der Waals surface area (Å²) in [6, 6.07) is 25.5. The van der Waals surface area contributed by atoms with Crippen LogP contribution in [0.4, 0.5) is 0 Å². The molecule has 29 heavy (non-hydrogen) atoms. The minimum absolute atomic E-state index is 0.129. The molecule has 3 rings (SSSR count). The second kappa shape index (κ2) is 8.48. The Hall–Kier alpha value is -3.14. The van der Waals surface area contributed by atoms with E-state index in [0.29, 0.717) is 5.88 Å². The summed E-state index contributed by atoms with van der Waals surface area (Å²) in [5, 5.41) is 0. The Labute approximate surface area is 172 Å². The molecule has 3 aromatic rings. The van der Waals surface area contributed by atoms with Gasteiger partial charge in [0, 0.05) is 18.2 Å². The second-order valence-corrected chi connectivity index (χ2v) is 7.73. The molecular formula is C25H28N2O2. The average molecular weight is 389 g/mol. The molecule has 1 heterocycles. The smallest absolute Gasteiger partial charge is 0.227 e. The topological polar surface area (TPSA) is 65.2 Å². The Morgan fingerprint density at radius 2 is 1.55 bits per heavy atom. The predicted molar refractivity (Wildman–Crippen MR) is 115 cm³/mol. The molecule has 0 saturated carbocycles. The van der Waals surface area contributed by atoms with E-state index in [4.69, 9.17) is 10.5 Å². The molecule has 1 amide bonds. The van der Waals surface area contributed by atoms with Gasteiger partial charge in [-0.25, -0.2) is 4.98 Å². The number of carbonyl (C=O) groups is 1. The number of amides is 1. The van der Waals surface area contributed by atoms with Crippen LogP contribution in [0.15, 0.2) is 85.1 Å². The van der Waals surface area contributed by atoms with E-state index >= 15 is 0 Å². The predicted octanol–water partition coefficient (Wildman–Crippen LogP) is 5.06. The molecular weight excluding hydrogens is 360 g/mol. The van der Waals surface area contributed by atoms with Crippen LogP contribution in [-0.2, 0) is 10.4 Å². The quantitative estimate of drug-likeness (QED) is 0.586. The highest BCUT2D eigenvalue weighted by Crippen LogP contribution is 2.53. The summed E-state index contributed by atoms with van der Waals surface area (Å²) in [4.78, 5) is 17.2. The van der Waals surface area contributed by atoms with Crippen molar-refractivity contribution in [2.75, 3.05) is 0 Å². The van der Waals surface area contributed by atoms with Gasteiger partial charge in [-0.1, -0.05) is 73.7 Å². The first kappa shape index (κ1) is 20.6. The fourth-order valence-electron chi connectivity index (χ4n) is 4.14. The normalized spacial score (nSPS) is 14.6. The van der Waals surface area contributed by atoms with E-state index < -0.39 is 16.9 Å². The third-order valence-electron chi connectivity index (χ3n) is 5.75. The zero-order valence-corrected chi connectivity index (χ0v) is 17.2. The van der Waals surface area contributed by atoms with Gasteiger partial charge in [-0.05, 0) is 37.5 Å². The van der Waals surface area contributed by atoms with Crippen molar-refractivity contribution >= 4 is 5.91 Å². The lowest BCUT2D eigenvalue weighted by Crippen LogP contribution is -2.57. The number of hydrogen-bond acceptors (Lipinski definition) is 3. The molecule has 0 aliphatic heterocycles. The van der Waals surface area contributed by atoms with Crippen LogP contribution in [0.2, 0.25) is 0 Å². The standard InChI is InChI=1S/C25H28N2O2/c1-4-21(19-13-7-5-8-14-19)25(24(2,3)23(26)28,20-15-9-6-10-16-20)29-22-17-11-12-18-27-22/h5-18,21H,4H2,1-3H3,(H2,26,28). The summed E-state index contributed by atoms with van der Waals surface area (Å²) in [7, 11) is 0. The molecule has 0 aliphatic rings. The summed E-state index contributed by atoms with van der Waals surface area (Å²) >= 11 is 0. The third kappa shape index (κ3) is 3.75.